The second-order valence-corrected chi connectivity index (χ2v) is 7.26. The number of alkyl halides is 2. The number of rotatable bonds is 4. The average molecular weight is 404 g/mol. The summed E-state index contributed by atoms with van der Waals surface area (Å²) in [5, 5.41) is 10.2. The fourth-order valence-electron chi connectivity index (χ4n) is 2.63. The van der Waals surface area contributed by atoms with Gasteiger partial charge in [0, 0.05) is 0 Å². The molecule has 0 spiro atoms. The van der Waals surface area contributed by atoms with Crippen molar-refractivity contribution < 1.29 is 14.6 Å². The lowest BCUT2D eigenvalue weighted by Gasteiger charge is -2.43. The molecule has 1 saturated heterocycles. The van der Waals surface area contributed by atoms with Crippen LogP contribution in [0.3, 0.4) is 0 Å². The van der Waals surface area contributed by atoms with Gasteiger partial charge in [-0.1, -0.05) is 74.3 Å². The maximum atomic E-state index is 10.2. The van der Waals surface area contributed by atoms with Crippen LogP contribution in [0.1, 0.15) is 5.56 Å². The zero-order chi connectivity index (χ0) is 14.2. The molecule has 1 aromatic rings. The van der Waals surface area contributed by atoms with Gasteiger partial charge in [0.15, 0.2) is 0 Å². The third-order valence-electron chi connectivity index (χ3n) is 3.77. The Morgan fingerprint density at radius 3 is 2.75 bits per heavy atom. The van der Waals surface area contributed by atoms with E-state index in [1.807, 2.05) is 42.5 Å². The van der Waals surface area contributed by atoms with Gasteiger partial charge < -0.3 is 14.6 Å². The van der Waals surface area contributed by atoms with Crippen molar-refractivity contribution in [3.63, 3.8) is 0 Å². The Bertz CT molecular complexity index is 493. The quantitative estimate of drug-likeness (QED) is 0.620. The van der Waals surface area contributed by atoms with Crippen LogP contribution in [0, 0.1) is 0 Å². The molecule has 2 aliphatic heterocycles. The van der Waals surface area contributed by atoms with Crippen molar-refractivity contribution in [2.75, 3.05) is 6.61 Å². The summed E-state index contributed by atoms with van der Waals surface area (Å²) in [6.07, 6.45) is 3.39. The molecule has 2 heterocycles. The van der Waals surface area contributed by atoms with Gasteiger partial charge in [-0.15, -0.1) is 0 Å². The maximum Gasteiger partial charge on any atom is 0.125 e. The highest BCUT2D eigenvalue weighted by atomic mass is 79.9. The van der Waals surface area contributed by atoms with Crippen LogP contribution in [0.15, 0.2) is 42.5 Å². The second-order valence-electron chi connectivity index (χ2n) is 5.21. The van der Waals surface area contributed by atoms with E-state index in [-0.39, 0.29) is 15.8 Å². The Balaban J connectivity index is 1.64. The Kier molecular flexibility index (Phi) is 4.34. The number of aliphatic hydroxyl groups excluding tert-OH is 1. The van der Waals surface area contributed by atoms with Crippen LogP contribution in [0.25, 0.3) is 0 Å². The molecule has 20 heavy (non-hydrogen) atoms. The summed E-state index contributed by atoms with van der Waals surface area (Å²) in [6, 6.07) is 10.0. The van der Waals surface area contributed by atoms with Gasteiger partial charge in [0.2, 0.25) is 0 Å². The zero-order valence-electron chi connectivity index (χ0n) is 10.8. The molecule has 2 aliphatic rings. The largest absolute Gasteiger partial charge is 0.391 e. The van der Waals surface area contributed by atoms with Crippen molar-refractivity contribution in [1.29, 1.82) is 0 Å². The third kappa shape index (κ3) is 2.62. The Labute approximate surface area is 135 Å². The van der Waals surface area contributed by atoms with Gasteiger partial charge in [0.05, 0.1) is 35.1 Å². The minimum absolute atomic E-state index is 0.0899. The minimum atomic E-state index is -0.580. The summed E-state index contributed by atoms with van der Waals surface area (Å²) < 4.78 is 11.8. The van der Waals surface area contributed by atoms with Crippen molar-refractivity contribution in [2.45, 2.75) is 34.1 Å². The molecule has 5 atom stereocenters. The van der Waals surface area contributed by atoms with Gasteiger partial charge in [0.25, 0.3) is 0 Å². The van der Waals surface area contributed by atoms with E-state index in [0.29, 0.717) is 13.2 Å². The number of hydrogen-bond donors (Lipinski definition) is 1. The van der Waals surface area contributed by atoms with E-state index in [4.69, 9.17) is 9.47 Å². The standard InChI is InChI=1S/C15H16Br2O3/c16-12-11-6-7-15(20-11,14(17)13(12)18)9-19-8-10-4-2-1-3-5-10/h1-7,11-14,18H,8-9H2/t11-,12?,13+,14?,15-/m0/s1. The van der Waals surface area contributed by atoms with E-state index >= 15 is 0 Å². The molecule has 5 heteroatoms. The van der Waals surface area contributed by atoms with Gasteiger partial charge >= 0.3 is 0 Å². The van der Waals surface area contributed by atoms with E-state index in [0.717, 1.165) is 5.56 Å². The fourth-order valence-corrected chi connectivity index (χ4v) is 4.35. The summed E-state index contributed by atoms with van der Waals surface area (Å²) in [4.78, 5) is -0.280. The highest BCUT2D eigenvalue weighted by Crippen LogP contribution is 2.43. The van der Waals surface area contributed by atoms with Crippen molar-refractivity contribution >= 4 is 31.9 Å². The molecule has 1 aromatic carbocycles. The van der Waals surface area contributed by atoms with Gasteiger partial charge in [-0.2, -0.15) is 0 Å². The SMILES string of the molecule is O[C@@H]1C(Br)[C@@H]2C=C[C@@](COCc3ccccc3)(O2)C1Br. The second kappa shape index (κ2) is 5.89. The lowest BCUT2D eigenvalue weighted by molar-refractivity contribution is -0.125. The molecular weight excluding hydrogens is 388 g/mol. The van der Waals surface area contributed by atoms with Crippen LogP contribution >= 0.6 is 31.9 Å². The van der Waals surface area contributed by atoms with Crippen molar-refractivity contribution in [2.24, 2.45) is 0 Å². The van der Waals surface area contributed by atoms with Gasteiger partial charge in [-0.25, -0.2) is 0 Å². The zero-order valence-corrected chi connectivity index (χ0v) is 14.0. The minimum Gasteiger partial charge on any atom is -0.391 e. The molecule has 0 amide bonds. The molecular formula is C15H16Br2O3. The smallest absolute Gasteiger partial charge is 0.125 e. The number of hydrogen-bond acceptors (Lipinski definition) is 3. The van der Waals surface area contributed by atoms with Crippen LogP contribution < -0.4 is 0 Å². The van der Waals surface area contributed by atoms with E-state index in [1.54, 1.807) is 0 Å². The Morgan fingerprint density at radius 2 is 2.00 bits per heavy atom. The van der Waals surface area contributed by atoms with E-state index < -0.39 is 11.7 Å². The average Bonchev–Trinajstić information content (AvgIpc) is 2.88. The fraction of sp³-hybridized carbons (Fsp3) is 0.467. The van der Waals surface area contributed by atoms with E-state index in [9.17, 15) is 5.11 Å². The lowest BCUT2D eigenvalue weighted by Crippen LogP contribution is -2.58. The third-order valence-corrected chi connectivity index (χ3v) is 6.15. The summed E-state index contributed by atoms with van der Waals surface area (Å²) in [5.41, 5.74) is 0.548. The maximum absolute atomic E-state index is 10.2. The number of halogens is 2. The number of aliphatic hydroxyl groups is 1. The van der Waals surface area contributed by atoms with Crippen LogP contribution in [-0.2, 0) is 16.1 Å². The molecule has 0 saturated carbocycles. The molecule has 108 valence electrons. The van der Waals surface area contributed by atoms with Crippen LogP contribution in [0.2, 0.25) is 0 Å². The summed E-state index contributed by atoms with van der Waals surface area (Å²) in [7, 11) is 0. The van der Waals surface area contributed by atoms with Crippen molar-refractivity contribution in [3.8, 4) is 0 Å². The van der Waals surface area contributed by atoms with Gasteiger partial charge in [0.1, 0.15) is 5.60 Å². The first kappa shape index (κ1) is 14.7. The lowest BCUT2D eigenvalue weighted by atomic mass is 9.94. The highest BCUT2D eigenvalue weighted by molar-refractivity contribution is 9.10. The predicted octanol–water partition coefficient (Wildman–Crippen LogP) is 2.80. The number of ether oxygens (including phenoxy) is 2. The molecule has 0 radical (unpaired) electrons. The van der Waals surface area contributed by atoms with E-state index in [1.165, 1.54) is 0 Å². The monoisotopic (exact) mass is 402 g/mol. The van der Waals surface area contributed by atoms with Crippen LogP contribution in [0.4, 0.5) is 0 Å². The molecule has 3 rings (SSSR count). The Hall–Kier alpha value is -0.200. The molecule has 0 aromatic heterocycles. The molecule has 1 fully saturated rings. The summed E-state index contributed by atoms with van der Waals surface area (Å²) in [5.74, 6) is 0. The van der Waals surface area contributed by atoms with Crippen LogP contribution in [-0.4, -0.2) is 39.2 Å². The van der Waals surface area contributed by atoms with Gasteiger partial charge in [-0.05, 0) is 5.56 Å². The Morgan fingerprint density at radius 1 is 1.25 bits per heavy atom. The molecule has 0 aliphatic carbocycles. The van der Waals surface area contributed by atoms with Crippen molar-refractivity contribution in [3.05, 3.63) is 48.0 Å². The summed E-state index contributed by atoms with van der Waals surface area (Å²) >= 11 is 7.03. The highest BCUT2D eigenvalue weighted by Gasteiger charge is 2.54. The van der Waals surface area contributed by atoms with E-state index in [2.05, 4.69) is 31.9 Å². The predicted molar refractivity (Wildman–Crippen MR) is 84.3 cm³/mol. The normalized spacial score (nSPS) is 39.1. The number of fused-ring (bicyclic) bond motifs is 2. The topological polar surface area (TPSA) is 38.7 Å². The molecule has 2 unspecified atom stereocenters. The molecule has 2 bridgehead atoms. The number of benzene rings is 1. The summed E-state index contributed by atoms with van der Waals surface area (Å²) in [6.45, 7) is 0.958. The van der Waals surface area contributed by atoms with Crippen molar-refractivity contribution in [1.82, 2.24) is 0 Å². The first-order valence-corrected chi connectivity index (χ1v) is 8.40. The van der Waals surface area contributed by atoms with Crippen LogP contribution in [0.5, 0.6) is 0 Å². The first-order chi connectivity index (χ1) is 9.62. The van der Waals surface area contributed by atoms with Gasteiger partial charge in [-0.3, -0.25) is 0 Å². The molecule has 1 N–H and O–H groups in total. The molecule has 3 nitrogen and oxygen atoms in total. The first-order valence-electron chi connectivity index (χ1n) is 6.57.